The Morgan fingerprint density at radius 3 is 2.57 bits per heavy atom. The first kappa shape index (κ1) is 10.4. The Kier molecular flexibility index (Phi) is 2.61. The summed E-state index contributed by atoms with van der Waals surface area (Å²) in [6.45, 7) is 5.44. The summed E-state index contributed by atoms with van der Waals surface area (Å²) in [6.07, 6.45) is 7.92. The van der Waals surface area contributed by atoms with E-state index in [2.05, 4.69) is 13.8 Å². The fraction of sp³-hybridized carbons (Fsp3) is 1.00. The van der Waals surface area contributed by atoms with Gasteiger partial charge in [-0.15, -0.1) is 0 Å². The minimum absolute atomic E-state index is 0.144. The van der Waals surface area contributed by atoms with Gasteiger partial charge in [0.15, 0.2) is 0 Å². The van der Waals surface area contributed by atoms with Crippen molar-refractivity contribution < 1.29 is 4.74 Å². The molecule has 1 saturated heterocycles. The Balaban J connectivity index is 1.98. The summed E-state index contributed by atoms with van der Waals surface area (Å²) < 4.78 is 6.26. The molecule has 2 heteroatoms. The van der Waals surface area contributed by atoms with Crippen LogP contribution in [0, 0.1) is 5.41 Å². The molecule has 1 saturated carbocycles. The molecule has 1 aliphatic carbocycles. The summed E-state index contributed by atoms with van der Waals surface area (Å²) in [5.74, 6) is 0. The lowest BCUT2D eigenvalue weighted by Gasteiger charge is -2.43. The van der Waals surface area contributed by atoms with Gasteiger partial charge in [-0.25, -0.2) is 0 Å². The first-order valence-electron chi connectivity index (χ1n) is 5.98. The highest BCUT2D eigenvalue weighted by molar-refractivity contribution is 5.05. The second-order valence-corrected chi connectivity index (χ2v) is 5.50. The van der Waals surface area contributed by atoms with Gasteiger partial charge in [0.1, 0.15) is 0 Å². The van der Waals surface area contributed by atoms with Crippen molar-refractivity contribution in [3.05, 3.63) is 0 Å². The predicted molar refractivity (Wildman–Crippen MR) is 58.1 cm³/mol. The lowest BCUT2D eigenvalue weighted by Crippen LogP contribution is -2.44. The van der Waals surface area contributed by atoms with Crippen molar-refractivity contribution in [1.29, 1.82) is 0 Å². The molecule has 2 atom stereocenters. The number of rotatable bonds is 3. The molecule has 0 aromatic rings. The highest BCUT2D eigenvalue weighted by Gasteiger charge is 2.55. The molecule has 0 radical (unpaired) electrons. The molecule has 1 aliphatic heterocycles. The zero-order valence-electron chi connectivity index (χ0n) is 9.51. The minimum atomic E-state index is 0.144. The van der Waals surface area contributed by atoms with E-state index in [1.54, 1.807) is 0 Å². The van der Waals surface area contributed by atoms with Crippen LogP contribution in [0.5, 0.6) is 0 Å². The van der Waals surface area contributed by atoms with E-state index >= 15 is 0 Å². The lowest BCUT2D eigenvalue weighted by atomic mass is 9.80. The maximum Gasteiger partial charge on any atom is 0.0711 e. The van der Waals surface area contributed by atoms with Gasteiger partial charge >= 0.3 is 0 Å². The zero-order valence-corrected chi connectivity index (χ0v) is 9.51. The van der Waals surface area contributed by atoms with Crippen molar-refractivity contribution >= 4 is 0 Å². The van der Waals surface area contributed by atoms with E-state index in [1.807, 2.05) is 0 Å². The minimum Gasteiger partial charge on any atom is -0.371 e. The molecule has 2 unspecified atom stereocenters. The van der Waals surface area contributed by atoms with Gasteiger partial charge in [-0.2, -0.15) is 0 Å². The van der Waals surface area contributed by atoms with Crippen LogP contribution in [-0.2, 0) is 4.74 Å². The summed E-state index contributed by atoms with van der Waals surface area (Å²) in [4.78, 5) is 0. The molecule has 0 aromatic heterocycles. The van der Waals surface area contributed by atoms with Gasteiger partial charge in [0.25, 0.3) is 0 Å². The average molecular weight is 197 g/mol. The van der Waals surface area contributed by atoms with Crippen molar-refractivity contribution in [2.24, 2.45) is 11.1 Å². The zero-order chi connectivity index (χ0) is 10.2. The van der Waals surface area contributed by atoms with Gasteiger partial charge in [0, 0.05) is 0 Å². The van der Waals surface area contributed by atoms with Crippen LogP contribution in [0.1, 0.15) is 52.4 Å². The highest BCUT2D eigenvalue weighted by atomic mass is 16.5. The van der Waals surface area contributed by atoms with Gasteiger partial charge < -0.3 is 10.5 Å². The molecule has 2 N–H and O–H groups in total. The van der Waals surface area contributed by atoms with E-state index in [0.29, 0.717) is 11.5 Å². The molecule has 0 amide bonds. The fourth-order valence-electron chi connectivity index (χ4n) is 2.70. The van der Waals surface area contributed by atoms with E-state index < -0.39 is 0 Å². The van der Waals surface area contributed by atoms with Gasteiger partial charge in [-0.3, -0.25) is 0 Å². The quantitative estimate of drug-likeness (QED) is 0.754. The topological polar surface area (TPSA) is 35.2 Å². The largest absolute Gasteiger partial charge is 0.371 e. The molecule has 0 bridgehead atoms. The molecule has 2 nitrogen and oxygen atoms in total. The number of nitrogens with two attached hydrogens (primary N) is 1. The van der Waals surface area contributed by atoms with Crippen LogP contribution in [-0.4, -0.2) is 18.2 Å². The van der Waals surface area contributed by atoms with Crippen molar-refractivity contribution in [2.75, 3.05) is 6.54 Å². The molecule has 14 heavy (non-hydrogen) atoms. The average Bonchev–Trinajstić information content (AvgIpc) is 2.86. The summed E-state index contributed by atoms with van der Waals surface area (Å²) in [7, 11) is 0. The number of hydrogen-bond acceptors (Lipinski definition) is 2. The second kappa shape index (κ2) is 3.49. The van der Waals surface area contributed by atoms with E-state index in [0.717, 1.165) is 13.0 Å². The first-order valence-corrected chi connectivity index (χ1v) is 5.98. The van der Waals surface area contributed by atoms with Crippen molar-refractivity contribution in [2.45, 2.75) is 64.1 Å². The maximum atomic E-state index is 6.26. The molecular formula is C12H23NO. The Morgan fingerprint density at radius 2 is 2.00 bits per heavy atom. The van der Waals surface area contributed by atoms with Crippen LogP contribution in [0.3, 0.4) is 0 Å². The monoisotopic (exact) mass is 197 g/mol. The molecule has 1 heterocycles. The molecule has 0 spiro atoms. The van der Waals surface area contributed by atoms with Crippen molar-refractivity contribution in [3.8, 4) is 0 Å². The van der Waals surface area contributed by atoms with E-state index in [4.69, 9.17) is 10.5 Å². The van der Waals surface area contributed by atoms with Crippen LogP contribution in [0.4, 0.5) is 0 Å². The van der Waals surface area contributed by atoms with Gasteiger partial charge in [0.05, 0.1) is 11.7 Å². The second-order valence-electron chi connectivity index (χ2n) is 5.50. The summed E-state index contributed by atoms with van der Waals surface area (Å²) in [5, 5.41) is 0. The van der Waals surface area contributed by atoms with Crippen LogP contribution >= 0.6 is 0 Å². The molecular weight excluding hydrogens is 174 g/mol. The Morgan fingerprint density at radius 1 is 1.29 bits per heavy atom. The van der Waals surface area contributed by atoms with Crippen LogP contribution < -0.4 is 5.73 Å². The van der Waals surface area contributed by atoms with Crippen LogP contribution in [0.2, 0.25) is 0 Å². The Labute approximate surface area is 87.2 Å². The molecule has 0 aromatic carbocycles. The molecule has 2 fully saturated rings. The van der Waals surface area contributed by atoms with Gasteiger partial charge in [-0.1, -0.05) is 6.92 Å². The van der Waals surface area contributed by atoms with E-state index in [9.17, 15) is 0 Å². The summed E-state index contributed by atoms with van der Waals surface area (Å²) in [5.41, 5.74) is 6.21. The van der Waals surface area contributed by atoms with Crippen LogP contribution in [0.25, 0.3) is 0 Å². The third kappa shape index (κ3) is 1.70. The molecule has 2 rings (SSSR count). The molecule has 2 aliphatic rings. The maximum absolute atomic E-state index is 6.26. The third-order valence-corrected chi connectivity index (χ3v) is 4.37. The van der Waals surface area contributed by atoms with E-state index in [1.165, 1.54) is 32.1 Å². The predicted octanol–water partition coefficient (Wildman–Crippen LogP) is 2.46. The fourth-order valence-corrected chi connectivity index (χ4v) is 2.70. The Hall–Kier alpha value is -0.0800. The van der Waals surface area contributed by atoms with Crippen molar-refractivity contribution in [1.82, 2.24) is 0 Å². The smallest absolute Gasteiger partial charge is 0.0711 e. The van der Waals surface area contributed by atoms with E-state index in [-0.39, 0.29) is 5.60 Å². The van der Waals surface area contributed by atoms with Crippen molar-refractivity contribution in [3.63, 3.8) is 0 Å². The Bertz CT molecular complexity index is 210. The van der Waals surface area contributed by atoms with Gasteiger partial charge in [0.2, 0.25) is 0 Å². The number of hydrogen-bond donors (Lipinski definition) is 1. The standard InChI is InChI=1S/C12H23NO/c1-11(7-8-11)12(2)6-3-4-10(14-12)5-9-13/h10H,3-9,13H2,1-2H3. The SMILES string of the molecule is CC1(C2(C)CCCC(CCN)O2)CC1. The lowest BCUT2D eigenvalue weighted by molar-refractivity contribution is -0.154. The number of ether oxygens (including phenoxy) is 1. The normalized spacial score (nSPS) is 40.9. The first-order chi connectivity index (χ1) is 6.60. The summed E-state index contributed by atoms with van der Waals surface area (Å²) in [6, 6.07) is 0. The van der Waals surface area contributed by atoms with Crippen LogP contribution in [0.15, 0.2) is 0 Å². The highest BCUT2D eigenvalue weighted by Crippen LogP contribution is 2.58. The van der Waals surface area contributed by atoms with Gasteiger partial charge in [-0.05, 0) is 57.4 Å². The summed E-state index contributed by atoms with van der Waals surface area (Å²) >= 11 is 0. The molecule has 82 valence electrons. The third-order valence-electron chi connectivity index (χ3n) is 4.37.